The number of anilines is 1. The lowest BCUT2D eigenvalue weighted by Gasteiger charge is -2.25. The summed E-state index contributed by atoms with van der Waals surface area (Å²) in [5.74, 6) is -1.28. The Balaban J connectivity index is 1.95. The number of methoxy groups -OCH3 is 2. The SMILES string of the molecule is CCc1ccc(N2C(=O)C(=O)/C(=C(/O)c3cc(Cl)c(OC)cc3OC)C2c2ccccc2)cc1. The molecule has 1 amide bonds. The highest BCUT2D eigenvalue weighted by Crippen LogP contribution is 2.44. The van der Waals surface area contributed by atoms with E-state index in [1.165, 1.54) is 31.3 Å². The van der Waals surface area contributed by atoms with Crippen molar-refractivity contribution >= 4 is 34.7 Å². The van der Waals surface area contributed by atoms with Crippen LogP contribution in [0.5, 0.6) is 11.5 Å². The second kappa shape index (κ2) is 9.61. The maximum Gasteiger partial charge on any atom is 0.300 e. The number of carbonyl (C=O) groups is 2. The highest BCUT2D eigenvalue weighted by atomic mass is 35.5. The maximum absolute atomic E-state index is 13.3. The summed E-state index contributed by atoms with van der Waals surface area (Å²) in [5.41, 5.74) is 2.49. The Kier molecular flexibility index (Phi) is 6.61. The molecular weight excluding hydrogens is 454 g/mol. The van der Waals surface area contributed by atoms with Crippen molar-refractivity contribution < 1.29 is 24.2 Å². The van der Waals surface area contributed by atoms with Crippen LogP contribution in [-0.4, -0.2) is 31.0 Å². The van der Waals surface area contributed by atoms with Gasteiger partial charge in [0, 0.05) is 11.8 Å². The van der Waals surface area contributed by atoms with Crippen molar-refractivity contribution in [2.24, 2.45) is 0 Å². The summed E-state index contributed by atoms with van der Waals surface area (Å²) in [7, 11) is 2.90. The van der Waals surface area contributed by atoms with Crippen LogP contribution in [0.4, 0.5) is 5.69 Å². The topological polar surface area (TPSA) is 76.1 Å². The molecule has 1 fully saturated rings. The number of ketones is 1. The Bertz CT molecular complexity index is 1270. The summed E-state index contributed by atoms with van der Waals surface area (Å²) in [6.45, 7) is 2.04. The fourth-order valence-corrected chi connectivity index (χ4v) is 4.37. The number of aryl methyl sites for hydroxylation is 1. The Morgan fingerprint density at radius 2 is 1.62 bits per heavy atom. The molecule has 174 valence electrons. The Morgan fingerprint density at radius 3 is 2.21 bits per heavy atom. The number of Topliss-reactive ketones (excluding diaryl/α,β-unsaturated/α-hetero) is 1. The second-order valence-corrected chi connectivity index (χ2v) is 8.19. The molecular formula is C27H24ClNO5. The zero-order chi connectivity index (χ0) is 24.4. The standard InChI is InChI=1S/C27H24ClNO5/c1-4-16-10-12-18(13-11-16)29-24(17-8-6-5-7-9-17)23(26(31)27(29)32)25(30)19-14-20(28)22(34-3)15-21(19)33-2/h5-15,24,30H,4H2,1-3H3/b25-23+. The number of ether oxygens (including phenoxy) is 2. The van der Waals surface area contributed by atoms with E-state index in [0.717, 1.165) is 12.0 Å². The Morgan fingerprint density at radius 1 is 0.971 bits per heavy atom. The smallest absolute Gasteiger partial charge is 0.300 e. The minimum atomic E-state index is -0.834. The quantitative estimate of drug-likeness (QED) is 0.286. The molecule has 1 atom stereocenters. The summed E-state index contributed by atoms with van der Waals surface area (Å²) >= 11 is 6.30. The van der Waals surface area contributed by atoms with Crippen molar-refractivity contribution in [2.75, 3.05) is 19.1 Å². The molecule has 7 heteroatoms. The van der Waals surface area contributed by atoms with E-state index < -0.39 is 17.7 Å². The monoisotopic (exact) mass is 477 g/mol. The molecule has 1 heterocycles. The first-order valence-corrected chi connectivity index (χ1v) is 11.2. The molecule has 3 aromatic carbocycles. The van der Waals surface area contributed by atoms with Crippen LogP contribution in [-0.2, 0) is 16.0 Å². The van der Waals surface area contributed by atoms with E-state index >= 15 is 0 Å². The fourth-order valence-electron chi connectivity index (χ4n) is 4.13. The van der Waals surface area contributed by atoms with E-state index in [1.54, 1.807) is 0 Å². The molecule has 0 aromatic heterocycles. The van der Waals surface area contributed by atoms with Crippen LogP contribution in [0.25, 0.3) is 5.76 Å². The van der Waals surface area contributed by atoms with Crippen molar-refractivity contribution in [3.05, 3.63) is 94.0 Å². The molecule has 0 bridgehead atoms. The number of halogens is 1. The summed E-state index contributed by atoms with van der Waals surface area (Å²) in [6.07, 6.45) is 0.846. The summed E-state index contributed by atoms with van der Waals surface area (Å²) in [4.78, 5) is 28.0. The zero-order valence-electron chi connectivity index (χ0n) is 19.0. The molecule has 0 saturated carbocycles. The summed E-state index contributed by atoms with van der Waals surface area (Å²) < 4.78 is 10.7. The molecule has 0 aliphatic carbocycles. The Labute approximate surface area is 203 Å². The number of nitrogens with zero attached hydrogens (tertiary/aromatic N) is 1. The van der Waals surface area contributed by atoms with Crippen LogP contribution in [0.15, 0.2) is 72.3 Å². The van der Waals surface area contributed by atoms with Crippen molar-refractivity contribution in [2.45, 2.75) is 19.4 Å². The highest BCUT2D eigenvalue weighted by molar-refractivity contribution is 6.51. The van der Waals surface area contributed by atoms with Gasteiger partial charge in [0.2, 0.25) is 0 Å². The molecule has 1 N–H and O–H groups in total. The van der Waals surface area contributed by atoms with E-state index in [9.17, 15) is 14.7 Å². The molecule has 1 aliphatic heterocycles. The first kappa shape index (κ1) is 23.4. The van der Waals surface area contributed by atoms with E-state index in [1.807, 2.05) is 61.5 Å². The fraction of sp³-hybridized carbons (Fsp3) is 0.185. The number of carbonyl (C=O) groups excluding carboxylic acids is 2. The van der Waals surface area contributed by atoms with E-state index in [0.29, 0.717) is 17.0 Å². The molecule has 3 aromatic rings. The lowest BCUT2D eigenvalue weighted by molar-refractivity contribution is -0.132. The van der Waals surface area contributed by atoms with Gasteiger partial charge in [-0.1, -0.05) is 61.0 Å². The molecule has 1 aliphatic rings. The van der Waals surface area contributed by atoms with E-state index in [4.69, 9.17) is 21.1 Å². The molecule has 1 unspecified atom stereocenters. The average molecular weight is 478 g/mol. The molecule has 4 rings (SSSR count). The normalized spacial score (nSPS) is 17.2. The zero-order valence-corrected chi connectivity index (χ0v) is 19.8. The third kappa shape index (κ3) is 4.01. The minimum absolute atomic E-state index is 0.0460. The second-order valence-electron chi connectivity index (χ2n) is 7.79. The van der Waals surface area contributed by atoms with Gasteiger partial charge in [0.05, 0.1) is 36.4 Å². The van der Waals surface area contributed by atoms with Crippen LogP contribution in [0, 0.1) is 0 Å². The molecule has 1 saturated heterocycles. The van der Waals surface area contributed by atoms with Crippen LogP contribution >= 0.6 is 11.6 Å². The predicted molar refractivity (Wildman–Crippen MR) is 132 cm³/mol. The maximum atomic E-state index is 13.3. The predicted octanol–water partition coefficient (Wildman–Crippen LogP) is 5.55. The van der Waals surface area contributed by atoms with E-state index in [-0.39, 0.29) is 27.7 Å². The van der Waals surface area contributed by atoms with Gasteiger partial charge in [-0.05, 0) is 35.7 Å². The van der Waals surface area contributed by atoms with Crippen LogP contribution in [0.1, 0.15) is 29.7 Å². The lowest BCUT2D eigenvalue weighted by atomic mass is 9.94. The van der Waals surface area contributed by atoms with Gasteiger partial charge < -0.3 is 14.6 Å². The van der Waals surface area contributed by atoms with Gasteiger partial charge in [0.1, 0.15) is 17.3 Å². The van der Waals surface area contributed by atoms with Crippen molar-refractivity contribution in [3.8, 4) is 11.5 Å². The highest BCUT2D eigenvalue weighted by Gasteiger charge is 2.47. The number of rotatable bonds is 6. The van der Waals surface area contributed by atoms with Crippen LogP contribution in [0.2, 0.25) is 5.02 Å². The van der Waals surface area contributed by atoms with Gasteiger partial charge in [0.15, 0.2) is 0 Å². The van der Waals surface area contributed by atoms with Gasteiger partial charge in [-0.2, -0.15) is 0 Å². The molecule has 34 heavy (non-hydrogen) atoms. The number of aliphatic hydroxyl groups is 1. The number of benzene rings is 3. The molecule has 6 nitrogen and oxygen atoms in total. The molecule has 0 spiro atoms. The van der Waals surface area contributed by atoms with E-state index in [2.05, 4.69) is 0 Å². The lowest BCUT2D eigenvalue weighted by Crippen LogP contribution is -2.29. The van der Waals surface area contributed by atoms with Gasteiger partial charge in [0.25, 0.3) is 11.7 Å². The molecule has 0 radical (unpaired) electrons. The van der Waals surface area contributed by atoms with Crippen LogP contribution < -0.4 is 14.4 Å². The minimum Gasteiger partial charge on any atom is -0.507 e. The number of hydrogen-bond donors (Lipinski definition) is 1. The largest absolute Gasteiger partial charge is 0.507 e. The first-order valence-electron chi connectivity index (χ1n) is 10.8. The van der Waals surface area contributed by atoms with Crippen molar-refractivity contribution in [1.82, 2.24) is 0 Å². The summed E-state index contributed by atoms with van der Waals surface area (Å²) in [6, 6.07) is 18.7. The van der Waals surface area contributed by atoms with Crippen molar-refractivity contribution in [1.29, 1.82) is 0 Å². The summed E-state index contributed by atoms with van der Waals surface area (Å²) in [5, 5.41) is 11.6. The number of aliphatic hydroxyl groups excluding tert-OH is 1. The third-order valence-corrected chi connectivity index (χ3v) is 6.21. The van der Waals surface area contributed by atoms with Gasteiger partial charge in [-0.3, -0.25) is 14.5 Å². The van der Waals surface area contributed by atoms with Crippen molar-refractivity contribution in [3.63, 3.8) is 0 Å². The van der Waals surface area contributed by atoms with Crippen LogP contribution in [0.3, 0.4) is 0 Å². The number of amides is 1. The van der Waals surface area contributed by atoms with Gasteiger partial charge >= 0.3 is 0 Å². The third-order valence-electron chi connectivity index (χ3n) is 5.91. The first-order chi connectivity index (χ1) is 16.4. The average Bonchev–Trinajstić information content (AvgIpc) is 3.14. The van der Waals surface area contributed by atoms with Gasteiger partial charge in [-0.25, -0.2) is 0 Å². The number of hydrogen-bond acceptors (Lipinski definition) is 5. The Hall–Kier alpha value is -3.77. The van der Waals surface area contributed by atoms with Gasteiger partial charge in [-0.15, -0.1) is 0 Å².